The van der Waals surface area contributed by atoms with Gasteiger partial charge in [-0.1, -0.05) is 54.6 Å². The van der Waals surface area contributed by atoms with Crippen molar-refractivity contribution in [2.24, 2.45) is 0 Å². The molecule has 3 N–H and O–H groups in total. The summed E-state index contributed by atoms with van der Waals surface area (Å²) in [5.41, 5.74) is 9.56. The van der Waals surface area contributed by atoms with Gasteiger partial charge < -0.3 is 5.32 Å². The van der Waals surface area contributed by atoms with Gasteiger partial charge in [-0.05, 0) is 54.6 Å². The smallest absolute Gasteiger partial charge is 0.286 e. The molecule has 0 saturated heterocycles. The van der Waals surface area contributed by atoms with Crippen LogP contribution in [0.4, 0.5) is 5.69 Å². The fraction of sp³-hybridized carbons (Fsp3) is 0. The highest BCUT2D eigenvalue weighted by Crippen LogP contribution is 2.25. The van der Waals surface area contributed by atoms with Gasteiger partial charge in [0, 0.05) is 35.3 Å². The number of para-hydroxylation sites is 2. The second-order valence-corrected chi connectivity index (χ2v) is 8.28. The van der Waals surface area contributed by atoms with Crippen LogP contribution in [-0.4, -0.2) is 26.6 Å². The molecule has 8 heteroatoms. The number of hydrogen-bond acceptors (Lipinski definition) is 5. The monoisotopic (exact) mass is 500 g/mol. The minimum atomic E-state index is -0.525. The second kappa shape index (κ2) is 11.5. The molecule has 0 spiro atoms. The molecule has 0 aliphatic heterocycles. The first-order valence-electron chi connectivity index (χ1n) is 11.9. The summed E-state index contributed by atoms with van der Waals surface area (Å²) in [6, 6.07) is 31.3. The first kappa shape index (κ1) is 24.2. The molecule has 186 valence electrons. The Morgan fingerprint density at radius 3 is 2.16 bits per heavy atom. The predicted octanol–water partition coefficient (Wildman–Crippen LogP) is 4.85. The maximum absolute atomic E-state index is 13.3. The molecule has 0 unspecified atom stereocenters. The number of nitrogens with zero attached hydrogens (tertiary/aromatic N) is 3. The minimum Gasteiger partial charge on any atom is -0.317 e. The van der Waals surface area contributed by atoms with E-state index in [1.165, 1.54) is 0 Å². The topological polar surface area (TPSA) is 101 Å². The molecule has 0 atom stereocenters. The molecule has 0 saturated carbocycles. The number of nitrogens with one attached hydrogen (secondary N) is 3. The van der Waals surface area contributed by atoms with Crippen molar-refractivity contribution < 1.29 is 9.59 Å². The molecule has 0 bridgehead atoms. The lowest BCUT2D eigenvalue weighted by molar-refractivity contribution is -0.117. The van der Waals surface area contributed by atoms with E-state index in [9.17, 15) is 9.59 Å². The van der Waals surface area contributed by atoms with E-state index in [4.69, 9.17) is 5.10 Å². The zero-order chi connectivity index (χ0) is 26.2. The molecule has 0 aliphatic rings. The van der Waals surface area contributed by atoms with E-state index in [-0.39, 0.29) is 5.70 Å². The molecule has 5 rings (SSSR count). The molecule has 0 radical (unpaired) electrons. The van der Waals surface area contributed by atoms with Crippen molar-refractivity contribution in [1.82, 2.24) is 25.5 Å². The molecule has 38 heavy (non-hydrogen) atoms. The standard InChI is InChI=1S/C30H24N6O2/c37-29(22-11-4-1-5-12-22)32-27(30(38)34-33-25-14-6-2-7-15-25)19-24-21-36(26-16-8-3-9-17-26)35-28(24)23-13-10-18-31-20-23/h1-21,33H,(H,32,37)(H,34,38)/b27-19-. The van der Waals surface area contributed by atoms with Gasteiger partial charge in [0.05, 0.1) is 11.4 Å². The molecule has 0 aliphatic carbocycles. The van der Waals surface area contributed by atoms with Crippen molar-refractivity contribution in [3.05, 3.63) is 139 Å². The molecule has 2 amide bonds. The summed E-state index contributed by atoms with van der Waals surface area (Å²) in [5.74, 6) is -0.937. The summed E-state index contributed by atoms with van der Waals surface area (Å²) in [4.78, 5) is 30.6. The van der Waals surface area contributed by atoms with Crippen LogP contribution in [0.15, 0.2) is 127 Å². The average Bonchev–Trinajstić information content (AvgIpc) is 3.41. The van der Waals surface area contributed by atoms with Gasteiger partial charge in [-0.25, -0.2) is 4.68 Å². The lowest BCUT2D eigenvalue weighted by Crippen LogP contribution is -2.37. The number of aromatic nitrogens is 3. The molecule has 8 nitrogen and oxygen atoms in total. The number of amides is 2. The van der Waals surface area contributed by atoms with E-state index < -0.39 is 11.8 Å². The summed E-state index contributed by atoms with van der Waals surface area (Å²) in [5, 5.41) is 7.53. The summed E-state index contributed by atoms with van der Waals surface area (Å²) < 4.78 is 1.73. The lowest BCUT2D eigenvalue weighted by atomic mass is 10.1. The van der Waals surface area contributed by atoms with Crippen LogP contribution >= 0.6 is 0 Å². The Labute approximate surface area is 219 Å². The van der Waals surface area contributed by atoms with Crippen LogP contribution < -0.4 is 16.2 Å². The number of anilines is 1. The van der Waals surface area contributed by atoms with E-state index in [1.54, 1.807) is 47.4 Å². The number of hydrazine groups is 1. The van der Waals surface area contributed by atoms with E-state index in [1.807, 2.05) is 85.1 Å². The number of carbonyl (C=O) groups is 2. The second-order valence-electron chi connectivity index (χ2n) is 8.28. The molecule has 2 heterocycles. The number of benzene rings is 3. The molecule has 0 fully saturated rings. The SMILES string of the molecule is O=C(NNc1ccccc1)/C(=C/c1cn(-c2ccccc2)nc1-c1cccnc1)NC(=O)c1ccccc1. The highest BCUT2D eigenvalue weighted by Gasteiger charge is 2.18. The van der Waals surface area contributed by atoms with E-state index >= 15 is 0 Å². The van der Waals surface area contributed by atoms with Gasteiger partial charge in [-0.3, -0.25) is 25.4 Å². The Morgan fingerprint density at radius 1 is 0.789 bits per heavy atom. The third-order valence-corrected chi connectivity index (χ3v) is 5.62. The molecular weight excluding hydrogens is 476 g/mol. The van der Waals surface area contributed by atoms with Crippen LogP contribution in [-0.2, 0) is 4.79 Å². The minimum absolute atomic E-state index is 0.0417. The zero-order valence-electron chi connectivity index (χ0n) is 20.3. The van der Waals surface area contributed by atoms with Gasteiger partial charge in [0.1, 0.15) is 11.4 Å². The van der Waals surface area contributed by atoms with Crippen molar-refractivity contribution >= 4 is 23.6 Å². The van der Waals surface area contributed by atoms with Crippen molar-refractivity contribution in [3.63, 3.8) is 0 Å². The van der Waals surface area contributed by atoms with Gasteiger partial charge in [0.25, 0.3) is 11.8 Å². The van der Waals surface area contributed by atoms with Crippen LogP contribution in [0.2, 0.25) is 0 Å². The maximum atomic E-state index is 13.3. The van der Waals surface area contributed by atoms with Crippen molar-refractivity contribution in [2.75, 3.05) is 5.43 Å². The average molecular weight is 501 g/mol. The molecular formula is C30H24N6O2. The van der Waals surface area contributed by atoms with E-state index in [2.05, 4.69) is 21.2 Å². The largest absolute Gasteiger partial charge is 0.317 e. The third-order valence-electron chi connectivity index (χ3n) is 5.62. The van der Waals surface area contributed by atoms with Crippen LogP contribution in [0, 0.1) is 0 Å². The number of pyridine rings is 1. The Bertz CT molecular complexity index is 1550. The predicted molar refractivity (Wildman–Crippen MR) is 147 cm³/mol. The highest BCUT2D eigenvalue weighted by atomic mass is 16.2. The number of rotatable bonds is 8. The zero-order valence-corrected chi connectivity index (χ0v) is 20.3. The first-order chi connectivity index (χ1) is 18.7. The van der Waals surface area contributed by atoms with E-state index in [0.717, 1.165) is 11.3 Å². The Balaban J connectivity index is 1.54. The summed E-state index contributed by atoms with van der Waals surface area (Å²) in [7, 11) is 0. The number of carbonyl (C=O) groups excluding carboxylic acids is 2. The van der Waals surface area contributed by atoms with Crippen LogP contribution in [0.1, 0.15) is 15.9 Å². The molecule has 2 aromatic heterocycles. The first-order valence-corrected chi connectivity index (χ1v) is 11.9. The summed E-state index contributed by atoms with van der Waals surface area (Å²) in [6.07, 6.45) is 6.80. The Morgan fingerprint density at radius 2 is 1.47 bits per heavy atom. The van der Waals surface area contributed by atoms with Gasteiger partial charge in [-0.2, -0.15) is 5.10 Å². The van der Waals surface area contributed by atoms with Crippen LogP contribution in [0.5, 0.6) is 0 Å². The summed E-state index contributed by atoms with van der Waals surface area (Å²) >= 11 is 0. The fourth-order valence-electron chi connectivity index (χ4n) is 3.75. The van der Waals surface area contributed by atoms with Crippen molar-refractivity contribution in [1.29, 1.82) is 0 Å². The Hall–Kier alpha value is -5.50. The Kier molecular flexibility index (Phi) is 7.32. The van der Waals surface area contributed by atoms with Crippen LogP contribution in [0.3, 0.4) is 0 Å². The molecule has 3 aromatic carbocycles. The van der Waals surface area contributed by atoms with Crippen molar-refractivity contribution in [3.8, 4) is 16.9 Å². The van der Waals surface area contributed by atoms with Gasteiger partial charge in [0.15, 0.2) is 0 Å². The van der Waals surface area contributed by atoms with Gasteiger partial charge >= 0.3 is 0 Å². The molecule has 5 aromatic rings. The van der Waals surface area contributed by atoms with Crippen LogP contribution in [0.25, 0.3) is 23.0 Å². The van der Waals surface area contributed by atoms with E-state index in [0.29, 0.717) is 22.5 Å². The van der Waals surface area contributed by atoms with Gasteiger partial charge in [-0.15, -0.1) is 0 Å². The number of hydrogen-bond donors (Lipinski definition) is 3. The maximum Gasteiger partial charge on any atom is 0.286 e. The quantitative estimate of drug-likeness (QED) is 0.209. The normalized spacial score (nSPS) is 11.0. The lowest BCUT2D eigenvalue weighted by Gasteiger charge is -2.13. The summed E-state index contributed by atoms with van der Waals surface area (Å²) in [6.45, 7) is 0. The highest BCUT2D eigenvalue weighted by molar-refractivity contribution is 6.06. The fourth-order valence-corrected chi connectivity index (χ4v) is 3.75. The van der Waals surface area contributed by atoms with Crippen molar-refractivity contribution in [2.45, 2.75) is 0 Å². The third kappa shape index (κ3) is 5.83. The van der Waals surface area contributed by atoms with Gasteiger partial charge in [0.2, 0.25) is 0 Å².